The van der Waals surface area contributed by atoms with Crippen molar-refractivity contribution in [3.8, 4) is 0 Å². The first-order chi connectivity index (χ1) is 11.6. The van der Waals surface area contributed by atoms with Crippen LogP contribution in [0.4, 0.5) is 19.2 Å². The maximum Gasteiger partial charge on any atom is 0.333 e. The molecule has 0 spiro atoms. The molecule has 2 aliphatic heterocycles. The lowest BCUT2D eigenvalue weighted by Gasteiger charge is -2.16. The highest BCUT2D eigenvalue weighted by Crippen LogP contribution is 1.94. The summed E-state index contributed by atoms with van der Waals surface area (Å²) >= 11 is 0. The Morgan fingerprint density at radius 2 is 1.25 bits per heavy atom. The van der Waals surface area contributed by atoms with Crippen LogP contribution in [0.15, 0.2) is 0 Å². The number of amides is 8. The SMILES string of the molecule is O=C(NCCN1CCNC1=O)NNC(=O)NCCN1CCNC1=O. The van der Waals surface area contributed by atoms with Gasteiger partial charge in [-0.1, -0.05) is 0 Å². The summed E-state index contributed by atoms with van der Waals surface area (Å²) in [7, 11) is 0. The molecule has 12 nitrogen and oxygen atoms in total. The second-order valence-electron chi connectivity index (χ2n) is 5.20. The first-order valence-corrected chi connectivity index (χ1v) is 7.69. The fraction of sp³-hybridized carbons (Fsp3) is 0.667. The normalized spacial score (nSPS) is 16.5. The van der Waals surface area contributed by atoms with Crippen LogP contribution in [-0.4, -0.2) is 86.3 Å². The molecule has 0 saturated carbocycles. The highest BCUT2D eigenvalue weighted by Gasteiger charge is 2.19. The van der Waals surface area contributed by atoms with Crippen molar-refractivity contribution in [1.82, 2.24) is 41.9 Å². The molecule has 0 aromatic carbocycles. The Bertz CT molecular complexity index is 455. The fourth-order valence-electron chi connectivity index (χ4n) is 2.26. The number of hydrazine groups is 1. The zero-order chi connectivity index (χ0) is 17.4. The minimum atomic E-state index is -0.580. The summed E-state index contributed by atoms with van der Waals surface area (Å²) in [6.07, 6.45) is 0. The molecule has 0 bridgehead atoms. The summed E-state index contributed by atoms with van der Waals surface area (Å²) in [5.41, 5.74) is 4.36. The van der Waals surface area contributed by atoms with Crippen LogP contribution in [0.25, 0.3) is 0 Å². The minimum Gasteiger partial charge on any atom is -0.336 e. The molecule has 6 N–H and O–H groups in total. The van der Waals surface area contributed by atoms with E-state index in [1.165, 1.54) is 0 Å². The lowest BCUT2D eigenvalue weighted by molar-refractivity contribution is 0.212. The molecule has 134 valence electrons. The predicted molar refractivity (Wildman–Crippen MR) is 83.0 cm³/mol. The number of urea groups is 4. The van der Waals surface area contributed by atoms with Crippen molar-refractivity contribution < 1.29 is 19.2 Å². The van der Waals surface area contributed by atoms with Gasteiger partial charge < -0.3 is 31.1 Å². The third-order valence-corrected chi connectivity index (χ3v) is 3.51. The molecule has 8 amide bonds. The predicted octanol–water partition coefficient (Wildman–Crippen LogP) is -2.45. The van der Waals surface area contributed by atoms with Gasteiger partial charge >= 0.3 is 24.1 Å². The lowest BCUT2D eigenvalue weighted by atomic mass is 10.5. The lowest BCUT2D eigenvalue weighted by Crippen LogP contribution is -2.52. The van der Waals surface area contributed by atoms with Gasteiger partial charge in [-0.3, -0.25) is 0 Å². The summed E-state index contributed by atoms with van der Waals surface area (Å²) in [6, 6.07) is -1.46. The topological polar surface area (TPSA) is 147 Å². The second kappa shape index (κ2) is 8.64. The third kappa shape index (κ3) is 5.37. The van der Waals surface area contributed by atoms with Crippen LogP contribution >= 0.6 is 0 Å². The molecule has 0 aromatic rings. The second-order valence-corrected chi connectivity index (χ2v) is 5.20. The molecule has 0 aliphatic carbocycles. The highest BCUT2D eigenvalue weighted by molar-refractivity contribution is 5.80. The summed E-state index contributed by atoms with van der Waals surface area (Å²) in [4.78, 5) is 48.7. The van der Waals surface area contributed by atoms with Gasteiger partial charge in [0.1, 0.15) is 0 Å². The third-order valence-electron chi connectivity index (χ3n) is 3.51. The summed E-state index contributed by atoms with van der Waals surface area (Å²) in [5, 5.41) is 10.3. The van der Waals surface area contributed by atoms with E-state index in [0.29, 0.717) is 39.3 Å². The van der Waals surface area contributed by atoms with Gasteiger partial charge in [0, 0.05) is 52.4 Å². The summed E-state index contributed by atoms with van der Waals surface area (Å²) in [6.45, 7) is 3.75. The Kier molecular flexibility index (Phi) is 6.28. The average molecular weight is 342 g/mol. The first-order valence-electron chi connectivity index (χ1n) is 7.69. The number of hydrogen-bond acceptors (Lipinski definition) is 4. The Morgan fingerprint density at radius 1 is 0.833 bits per heavy atom. The fourth-order valence-corrected chi connectivity index (χ4v) is 2.26. The molecule has 0 aromatic heterocycles. The first kappa shape index (κ1) is 17.4. The van der Waals surface area contributed by atoms with E-state index in [1.54, 1.807) is 9.80 Å². The van der Waals surface area contributed by atoms with E-state index in [9.17, 15) is 19.2 Å². The molecule has 0 radical (unpaired) electrons. The zero-order valence-corrected chi connectivity index (χ0v) is 13.2. The van der Waals surface area contributed by atoms with Crippen LogP contribution < -0.4 is 32.1 Å². The number of nitrogens with zero attached hydrogens (tertiary/aromatic N) is 2. The summed E-state index contributed by atoms with van der Waals surface area (Å²) in [5.74, 6) is 0. The van der Waals surface area contributed by atoms with Gasteiger partial charge in [0.05, 0.1) is 0 Å². The average Bonchev–Trinajstić information content (AvgIpc) is 3.14. The minimum absolute atomic E-state index is 0.151. The van der Waals surface area contributed by atoms with Crippen molar-refractivity contribution in [3.63, 3.8) is 0 Å². The van der Waals surface area contributed by atoms with Crippen molar-refractivity contribution in [2.75, 3.05) is 52.4 Å². The van der Waals surface area contributed by atoms with Gasteiger partial charge in [0.15, 0.2) is 0 Å². The number of nitrogens with one attached hydrogen (secondary N) is 6. The molecule has 0 atom stereocenters. The van der Waals surface area contributed by atoms with Crippen LogP contribution in [-0.2, 0) is 0 Å². The molecule has 2 heterocycles. The van der Waals surface area contributed by atoms with Gasteiger partial charge in [-0.25, -0.2) is 30.0 Å². The van der Waals surface area contributed by atoms with Crippen LogP contribution in [0.2, 0.25) is 0 Å². The molecule has 2 saturated heterocycles. The molecule has 12 heteroatoms. The molecular formula is C12H22N8O4. The standard InChI is InChI=1S/C12H22N8O4/c21-9(13-1-5-19-7-3-15-11(19)23)17-18-10(22)14-2-6-20-8-4-16-12(20)24/h1-8H2,(H,15,23)(H,16,24)(H2,13,17,21)(H2,14,18,22). The van der Waals surface area contributed by atoms with Crippen molar-refractivity contribution >= 4 is 24.1 Å². The van der Waals surface area contributed by atoms with E-state index in [2.05, 4.69) is 32.1 Å². The summed E-state index contributed by atoms with van der Waals surface area (Å²) < 4.78 is 0. The van der Waals surface area contributed by atoms with Crippen LogP contribution in [0.5, 0.6) is 0 Å². The monoisotopic (exact) mass is 342 g/mol. The molecular weight excluding hydrogens is 320 g/mol. The molecule has 2 rings (SSSR count). The molecule has 24 heavy (non-hydrogen) atoms. The van der Waals surface area contributed by atoms with Gasteiger partial charge in [0.25, 0.3) is 0 Å². The van der Waals surface area contributed by atoms with Crippen LogP contribution in [0.3, 0.4) is 0 Å². The highest BCUT2D eigenvalue weighted by atomic mass is 16.2. The van der Waals surface area contributed by atoms with Gasteiger partial charge in [-0.15, -0.1) is 0 Å². The molecule has 2 aliphatic rings. The maximum absolute atomic E-state index is 11.5. The van der Waals surface area contributed by atoms with Crippen molar-refractivity contribution in [2.45, 2.75) is 0 Å². The van der Waals surface area contributed by atoms with E-state index < -0.39 is 12.1 Å². The van der Waals surface area contributed by atoms with Gasteiger partial charge in [0.2, 0.25) is 0 Å². The Morgan fingerprint density at radius 3 is 1.58 bits per heavy atom. The molecule has 2 fully saturated rings. The van der Waals surface area contributed by atoms with Gasteiger partial charge in [-0.2, -0.15) is 0 Å². The van der Waals surface area contributed by atoms with Gasteiger partial charge in [-0.05, 0) is 0 Å². The van der Waals surface area contributed by atoms with E-state index in [-0.39, 0.29) is 25.2 Å². The Labute approximate surface area is 138 Å². The van der Waals surface area contributed by atoms with Crippen LogP contribution in [0, 0.1) is 0 Å². The smallest absolute Gasteiger partial charge is 0.333 e. The zero-order valence-electron chi connectivity index (χ0n) is 13.2. The van der Waals surface area contributed by atoms with Crippen molar-refractivity contribution in [3.05, 3.63) is 0 Å². The van der Waals surface area contributed by atoms with E-state index >= 15 is 0 Å². The van der Waals surface area contributed by atoms with E-state index in [1.807, 2.05) is 0 Å². The Balaban J connectivity index is 1.49. The van der Waals surface area contributed by atoms with Crippen molar-refractivity contribution in [2.24, 2.45) is 0 Å². The largest absolute Gasteiger partial charge is 0.336 e. The quantitative estimate of drug-likeness (QED) is 0.297. The number of hydrogen-bond donors (Lipinski definition) is 6. The number of carbonyl (C=O) groups excluding carboxylic acids is 4. The van der Waals surface area contributed by atoms with Crippen molar-refractivity contribution in [1.29, 1.82) is 0 Å². The Hall–Kier alpha value is -2.92. The molecule has 0 unspecified atom stereocenters. The maximum atomic E-state index is 11.5. The van der Waals surface area contributed by atoms with E-state index in [4.69, 9.17) is 0 Å². The van der Waals surface area contributed by atoms with Crippen LogP contribution in [0.1, 0.15) is 0 Å². The number of carbonyl (C=O) groups is 4. The van der Waals surface area contributed by atoms with E-state index in [0.717, 1.165) is 0 Å². The number of rotatable bonds is 6.